The second-order valence-electron chi connectivity index (χ2n) is 4.67. The summed E-state index contributed by atoms with van der Waals surface area (Å²) in [5, 5.41) is 3.60. The van der Waals surface area contributed by atoms with Crippen LogP contribution < -0.4 is 5.32 Å². The molecule has 1 aromatic carbocycles. The highest BCUT2D eigenvalue weighted by Gasteiger charge is 2.43. The Hall–Kier alpha value is -0.900. The van der Waals surface area contributed by atoms with E-state index in [-0.39, 0.29) is 5.66 Å². The predicted octanol–water partition coefficient (Wildman–Crippen LogP) is 1.21. The maximum atomic E-state index is 5.55. The van der Waals surface area contributed by atoms with Gasteiger partial charge in [-0.2, -0.15) is 0 Å². The number of hydrogen-bond donors (Lipinski definition) is 1. The normalized spacial score (nSPS) is 30.2. The Kier molecular flexibility index (Phi) is 2.67. The van der Waals surface area contributed by atoms with Crippen molar-refractivity contribution in [2.24, 2.45) is 0 Å². The first kappa shape index (κ1) is 10.3. The molecule has 1 unspecified atom stereocenters. The van der Waals surface area contributed by atoms with Gasteiger partial charge < -0.3 is 4.74 Å². The fraction of sp³-hybridized carbons (Fsp3) is 0.538. The van der Waals surface area contributed by atoms with E-state index in [4.69, 9.17) is 4.74 Å². The van der Waals surface area contributed by atoms with Crippen LogP contribution in [0.25, 0.3) is 0 Å². The first-order chi connectivity index (χ1) is 7.89. The Bertz CT molecular complexity index is 341. The molecule has 1 aromatic rings. The van der Waals surface area contributed by atoms with Crippen LogP contribution in [0.2, 0.25) is 0 Å². The summed E-state index contributed by atoms with van der Waals surface area (Å²) in [6.07, 6.45) is 1.11. The Morgan fingerprint density at radius 2 is 2.19 bits per heavy atom. The summed E-state index contributed by atoms with van der Waals surface area (Å²) >= 11 is 0. The van der Waals surface area contributed by atoms with Crippen LogP contribution in [-0.4, -0.2) is 36.9 Å². The molecule has 0 aromatic heterocycles. The van der Waals surface area contributed by atoms with Crippen molar-refractivity contribution in [3.8, 4) is 0 Å². The minimum Gasteiger partial charge on any atom is -0.378 e. The summed E-state index contributed by atoms with van der Waals surface area (Å²) in [6.45, 7) is 4.95. The fourth-order valence-electron chi connectivity index (χ4n) is 2.73. The van der Waals surface area contributed by atoms with Gasteiger partial charge in [-0.15, -0.1) is 0 Å². The zero-order valence-corrected chi connectivity index (χ0v) is 9.48. The first-order valence-electron chi connectivity index (χ1n) is 6.01. The maximum Gasteiger partial charge on any atom is 0.0978 e. The summed E-state index contributed by atoms with van der Waals surface area (Å²) in [4.78, 5) is 2.52. The zero-order valence-electron chi connectivity index (χ0n) is 9.48. The molecule has 2 aliphatic rings. The van der Waals surface area contributed by atoms with E-state index in [1.54, 1.807) is 0 Å². The highest BCUT2D eigenvalue weighted by atomic mass is 16.5. The molecular formula is C13H18N2O. The number of nitrogens with one attached hydrogen (secondary N) is 1. The summed E-state index contributed by atoms with van der Waals surface area (Å²) in [5.74, 6) is 0. The summed E-state index contributed by atoms with van der Waals surface area (Å²) in [6, 6.07) is 10.7. The van der Waals surface area contributed by atoms with Gasteiger partial charge in [0, 0.05) is 32.7 Å². The van der Waals surface area contributed by atoms with Gasteiger partial charge in [0.1, 0.15) is 0 Å². The maximum absolute atomic E-state index is 5.55. The van der Waals surface area contributed by atoms with Crippen LogP contribution in [-0.2, 0) is 11.3 Å². The zero-order chi connectivity index (χ0) is 10.8. The van der Waals surface area contributed by atoms with Gasteiger partial charge in [-0.1, -0.05) is 30.3 Å². The second-order valence-corrected chi connectivity index (χ2v) is 4.67. The second kappa shape index (κ2) is 4.17. The first-order valence-corrected chi connectivity index (χ1v) is 6.01. The quantitative estimate of drug-likeness (QED) is 0.807. The summed E-state index contributed by atoms with van der Waals surface area (Å²) < 4.78 is 5.55. The summed E-state index contributed by atoms with van der Waals surface area (Å²) in [7, 11) is 0. The van der Waals surface area contributed by atoms with Crippen molar-refractivity contribution in [2.75, 3.05) is 26.3 Å². The molecule has 1 spiro atoms. The van der Waals surface area contributed by atoms with E-state index in [9.17, 15) is 0 Å². The third kappa shape index (κ3) is 1.75. The minimum atomic E-state index is 0.121. The van der Waals surface area contributed by atoms with Crippen molar-refractivity contribution in [1.82, 2.24) is 10.2 Å². The van der Waals surface area contributed by atoms with E-state index >= 15 is 0 Å². The molecule has 2 aliphatic heterocycles. The molecule has 0 saturated carbocycles. The predicted molar refractivity (Wildman–Crippen MR) is 63.0 cm³/mol. The molecule has 3 nitrogen and oxygen atoms in total. The molecule has 0 radical (unpaired) electrons. The third-order valence-electron chi connectivity index (χ3n) is 3.66. The lowest BCUT2D eigenvalue weighted by molar-refractivity contribution is 0.0823. The number of rotatable bonds is 2. The molecule has 1 N–H and O–H groups in total. The van der Waals surface area contributed by atoms with E-state index in [0.717, 1.165) is 39.3 Å². The molecule has 0 bridgehead atoms. The topological polar surface area (TPSA) is 24.5 Å². The van der Waals surface area contributed by atoms with Crippen LogP contribution in [0.5, 0.6) is 0 Å². The Labute approximate surface area is 96.4 Å². The lowest BCUT2D eigenvalue weighted by Gasteiger charge is -2.33. The van der Waals surface area contributed by atoms with Crippen LogP contribution in [0.15, 0.2) is 30.3 Å². The van der Waals surface area contributed by atoms with Gasteiger partial charge in [-0.05, 0) is 5.56 Å². The molecule has 86 valence electrons. The van der Waals surface area contributed by atoms with E-state index < -0.39 is 0 Å². The van der Waals surface area contributed by atoms with Gasteiger partial charge in [0.05, 0.1) is 12.3 Å². The van der Waals surface area contributed by atoms with Gasteiger partial charge in [-0.3, -0.25) is 10.2 Å². The van der Waals surface area contributed by atoms with Crippen LogP contribution in [0.3, 0.4) is 0 Å². The molecular weight excluding hydrogens is 200 g/mol. The van der Waals surface area contributed by atoms with E-state index in [1.807, 2.05) is 0 Å². The van der Waals surface area contributed by atoms with Crippen LogP contribution in [0.4, 0.5) is 0 Å². The lowest BCUT2D eigenvalue weighted by atomic mass is 10.1. The highest BCUT2D eigenvalue weighted by Crippen LogP contribution is 2.28. The molecule has 2 heterocycles. The number of nitrogens with zero attached hydrogens (tertiary/aromatic N) is 1. The average molecular weight is 218 g/mol. The molecule has 1 atom stereocenters. The van der Waals surface area contributed by atoms with Crippen molar-refractivity contribution < 1.29 is 4.74 Å². The largest absolute Gasteiger partial charge is 0.378 e. The van der Waals surface area contributed by atoms with Crippen molar-refractivity contribution in [1.29, 1.82) is 0 Å². The monoisotopic (exact) mass is 218 g/mol. The Balaban J connectivity index is 1.75. The molecule has 0 aliphatic carbocycles. The van der Waals surface area contributed by atoms with Gasteiger partial charge in [-0.25, -0.2) is 0 Å². The van der Waals surface area contributed by atoms with Crippen molar-refractivity contribution in [3.05, 3.63) is 35.9 Å². The van der Waals surface area contributed by atoms with E-state index in [1.165, 1.54) is 5.56 Å². The van der Waals surface area contributed by atoms with Crippen LogP contribution >= 0.6 is 0 Å². The summed E-state index contributed by atoms with van der Waals surface area (Å²) in [5.41, 5.74) is 1.51. The van der Waals surface area contributed by atoms with Crippen molar-refractivity contribution in [3.63, 3.8) is 0 Å². The SMILES string of the molecule is c1ccc(CN2CCNC23CCOC3)cc1. The molecule has 3 heteroatoms. The Morgan fingerprint density at radius 1 is 1.31 bits per heavy atom. The standard InChI is InChI=1S/C13H18N2O/c1-2-4-12(5-3-1)10-15-8-7-14-13(15)6-9-16-11-13/h1-5,14H,6-11H2. The molecule has 16 heavy (non-hydrogen) atoms. The van der Waals surface area contributed by atoms with Crippen LogP contribution in [0.1, 0.15) is 12.0 Å². The number of hydrogen-bond acceptors (Lipinski definition) is 3. The lowest BCUT2D eigenvalue weighted by Crippen LogP contribution is -2.51. The molecule has 2 fully saturated rings. The van der Waals surface area contributed by atoms with Crippen molar-refractivity contribution >= 4 is 0 Å². The van der Waals surface area contributed by atoms with Gasteiger partial charge >= 0.3 is 0 Å². The van der Waals surface area contributed by atoms with E-state index in [0.29, 0.717) is 0 Å². The molecule has 2 saturated heterocycles. The Morgan fingerprint density at radius 3 is 2.94 bits per heavy atom. The third-order valence-corrected chi connectivity index (χ3v) is 3.66. The van der Waals surface area contributed by atoms with Crippen molar-refractivity contribution in [2.45, 2.75) is 18.6 Å². The number of benzene rings is 1. The molecule has 0 amide bonds. The fourth-order valence-corrected chi connectivity index (χ4v) is 2.73. The smallest absolute Gasteiger partial charge is 0.0978 e. The highest BCUT2D eigenvalue weighted by molar-refractivity contribution is 5.15. The molecule has 3 rings (SSSR count). The van der Waals surface area contributed by atoms with Gasteiger partial charge in [0.2, 0.25) is 0 Å². The van der Waals surface area contributed by atoms with E-state index in [2.05, 4.69) is 40.5 Å². The number of ether oxygens (including phenoxy) is 1. The van der Waals surface area contributed by atoms with Gasteiger partial charge in [0.15, 0.2) is 0 Å². The van der Waals surface area contributed by atoms with Gasteiger partial charge in [0.25, 0.3) is 0 Å². The average Bonchev–Trinajstić information content (AvgIpc) is 2.93. The minimum absolute atomic E-state index is 0.121. The van der Waals surface area contributed by atoms with Crippen LogP contribution in [0, 0.1) is 0 Å².